The van der Waals surface area contributed by atoms with Gasteiger partial charge in [-0.05, 0) is 50.8 Å². The van der Waals surface area contributed by atoms with Crippen LogP contribution in [-0.2, 0) is 11.2 Å². The van der Waals surface area contributed by atoms with Crippen LogP contribution in [0.1, 0.15) is 24.0 Å². The Morgan fingerprint density at radius 3 is 2.88 bits per heavy atom. The zero-order valence-electron chi connectivity index (χ0n) is 10.7. The molecule has 2 heteroatoms. The van der Waals surface area contributed by atoms with Gasteiger partial charge in [0.2, 0.25) is 0 Å². The van der Waals surface area contributed by atoms with Crippen LogP contribution in [0.2, 0.25) is 0 Å². The van der Waals surface area contributed by atoms with Crippen LogP contribution < -0.4 is 5.32 Å². The summed E-state index contributed by atoms with van der Waals surface area (Å²) in [7, 11) is 0. The van der Waals surface area contributed by atoms with Crippen molar-refractivity contribution < 1.29 is 4.74 Å². The molecule has 1 aromatic rings. The molecule has 0 unspecified atom stereocenters. The van der Waals surface area contributed by atoms with Gasteiger partial charge in [0.25, 0.3) is 0 Å². The van der Waals surface area contributed by atoms with Crippen molar-refractivity contribution >= 4 is 0 Å². The van der Waals surface area contributed by atoms with Crippen molar-refractivity contribution in [2.45, 2.75) is 26.2 Å². The third-order valence-corrected chi connectivity index (χ3v) is 3.45. The van der Waals surface area contributed by atoms with Gasteiger partial charge in [0.1, 0.15) is 0 Å². The molecule has 0 radical (unpaired) electrons. The highest BCUT2D eigenvalue weighted by Crippen LogP contribution is 2.13. The fourth-order valence-corrected chi connectivity index (χ4v) is 2.36. The SMILES string of the molecule is Cc1cccc(CCNCC2CCOCC2)c1. The van der Waals surface area contributed by atoms with Gasteiger partial charge in [0.05, 0.1) is 0 Å². The first kappa shape index (κ1) is 12.6. The molecule has 1 aliphatic heterocycles. The summed E-state index contributed by atoms with van der Waals surface area (Å²) in [5.41, 5.74) is 2.79. The van der Waals surface area contributed by atoms with Gasteiger partial charge in [-0.25, -0.2) is 0 Å². The maximum atomic E-state index is 5.36. The molecule has 0 bridgehead atoms. The van der Waals surface area contributed by atoms with Crippen molar-refractivity contribution in [1.29, 1.82) is 0 Å². The van der Waals surface area contributed by atoms with E-state index in [1.54, 1.807) is 0 Å². The minimum Gasteiger partial charge on any atom is -0.381 e. The van der Waals surface area contributed by atoms with Crippen LogP contribution in [-0.4, -0.2) is 26.3 Å². The number of hydrogen-bond acceptors (Lipinski definition) is 2. The molecule has 0 atom stereocenters. The average molecular weight is 233 g/mol. The molecule has 0 saturated carbocycles. The lowest BCUT2D eigenvalue weighted by Gasteiger charge is -2.22. The minimum atomic E-state index is 0.821. The Labute approximate surface area is 104 Å². The van der Waals surface area contributed by atoms with Gasteiger partial charge in [-0.15, -0.1) is 0 Å². The summed E-state index contributed by atoms with van der Waals surface area (Å²) in [6.45, 7) is 6.28. The lowest BCUT2D eigenvalue weighted by molar-refractivity contribution is 0.0664. The molecule has 1 saturated heterocycles. The quantitative estimate of drug-likeness (QED) is 0.789. The Morgan fingerprint density at radius 1 is 1.29 bits per heavy atom. The summed E-state index contributed by atoms with van der Waals surface area (Å²) >= 11 is 0. The largest absolute Gasteiger partial charge is 0.381 e. The molecule has 2 nitrogen and oxygen atoms in total. The summed E-state index contributed by atoms with van der Waals surface area (Å²) in [4.78, 5) is 0. The Morgan fingerprint density at radius 2 is 2.12 bits per heavy atom. The molecule has 0 aliphatic carbocycles. The van der Waals surface area contributed by atoms with E-state index >= 15 is 0 Å². The topological polar surface area (TPSA) is 21.3 Å². The first-order valence-corrected chi connectivity index (χ1v) is 6.68. The van der Waals surface area contributed by atoms with Gasteiger partial charge >= 0.3 is 0 Å². The van der Waals surface area contributed by atoms with Crippen LogP contribution in [0.15, 0.2) is 24.3 Å². The molecule has 0 amide bonds. The van der Waals surface area contributed by atoms with E-state index < -0.39 is 0 Å². The van der Waals surface area contributed by atoms with Crippen molar-refractivity contribution in [2.24, 2.45) is 5.92 Å². The van der Waals surface area contributed by atoms with E-state index in [1.165, 1.54) is 24.0 Å². The zero-order chi connectivity index (χ0) is 11.9. The lowest BCUT2D eigenvalue weighted by Crippen LogP contribution is -2.29. The van der Waals surface area contributed by atoms with Crippen molar-refractivity contribution in [3.8, 4) is 0 Å². The second-order valence-corrected chi connectivity index (χ2v) is 5.00. The Kier molecular flexibility index (Phi) is 5.02. The molecule has 0 aromatic heterocycles. The summed E-state index contributed by atoms with van der Waals surface area (Å²) < 4.78 is 5.36. The number of nitrogens with one attached hydrogen (secondary N) is 1. The second-order valence-electron chi connectivity index (χ2n) is 5.00. The van der Waals surface area contributed by atoms with Crippen molar-refractivity contribution in [3.05, 3.63) is 35.4 Å². The van der Waals surface area contributed by atoms with Crippen molar-refractivity contribution in [2.75, 3.05) is 26.3 Å². The van der Waals surface area contributed by atoms with Crippen LogP contribution in [0.5, 0.6) is 0 Å². The average Bonchev–Trinajstić information content (AvgIpc) is 2.36. The van der Waals surface area contributed by atoms with Gasteiger partial charge in [0, 0.05) is 13.2 Å². The summed E-state index contributed by atoms with van der Waals surface area (Å²) in [5.74, 6) is 0.821. The maximum Gasteiger partial charge on any atom is 0.0469 e. The van der Waals surface area contributed by atoms with Crippen molar-refractivity contribution in [3.63, 3.8) is 0 Å². The number of ether oxygens (including phenoxy) is 1. The van der Waals surface area contributed by atoms with E-state index in [2.05, 4.69) is 36.5 Å². The van der Waals surface area contributed by atoms with Crippen molar-refractivity contribution in [1.82, 2.24) is 5.32 Å². The lowest BCUT2D eigenvalue weighted by atomic mass is 10.0. The molecule has 1 aliphatic rings. The van der Waals surface area contributed by atoms with E-state index in [4.69, 9.17) is 4.74 Å². The van der Waals surface area contributed by atoms with Crippen LogP contribution in [0, 0.1) is 12.8 Å². The number of aryl methyl sites for hydroxylation is 1. The normalized spacial score (nSPS) is 17.2. The van der Waals surface area contributed by atoms with Crippen LogP contribution >= 0.6 is 0 Å². The molecular formula is C15H23NO. The van der Waals surface area contributed by atoms with E-state index in [1.807, 2.05) is 0 Å². The third-order valence-electron chi connectivity index (χ3n) is 3.45. The maximum absolute atomic E-state index is 5.36. The third kappa shape index (κ3) is 4.49. The Hall–Kier alpha value is -0.860. The van der Waals surface area contributed by atoms with Gasteiger partial charge < -0.3 is 10.1 Å². The predicted molar refractivity (Wildman–Crippen MR) is 71.3 cm³/mol. The molecule has 1 fully saturated rings. The number of benzene rings is 1. The standard InChI is InChI=1S/C15H23NO/c1-13-3-2-4-14(11-13)5-8-16-12-15-6-9-17-10-7-15/h2-4,11,15-16H,5-10,12H2,1H3. The molecule has 94 valence electrons. The fourth-order valence-electron chi connectivity index (χ4n) is 2.36. The zero-order valence-corrected chi connectivity index (χ0v) is 10.7. The van der Waals surface area contributed by atoms with Crippen LogP contribution in [0.4, 0.5) is 0 Å². The highest BCUT2D eigenvalue weighted by atomic mass is 16.5. The molecule has 17 heavy (non-hydrogen) atoms. The monoisotopic (exact) mass is 233 g/mol. The highest BCUT2D eigenvalue weighted by Gasteiger charge is 2.12. The molecule has 1 aromatic carbocycles. The van der Waals surface area contributed by atoms with E-state index in [9.17, 15) is 0 Å². The minimum absolute atomic E-state index is 0.821. The predicted octanol–water partition coefficient (Wildman–Crippen LogP) is 2.55. The molecule has 0 spiro atoms. The first-order chi connectivity index (χ1) is 8.34. The summed E-state index contributed by atoms with van der Waals surface area (Å²) in [5, 5.41) is 3.57. The Balaban J connectivity index is 1.62. The molecule has 1 N–H and O–H groups in total. The fraction of sp³-hybridized carbons (Fsp3) is 0.600. The number of rotatable bonds is 5. The second kappa shape index (κ2) is 6.77. The van der Waals surface area contributed by atoms with Crippen LogP contribution in [0.25, 0.3) is 0 Å². The summed E-state index contributed by atoms with van der Waals surface area (Å²) in [6.07, 6.45) is 3.57. The van der Waals surface area contributed by atoms with E-state index in [-0.39, 0.29) is 0 Å². The van der Waals surface area contributed by atoms with Gasteiger partial charge in [-0.1, -0.05) is 29.8 Å². The van der Waals surface area contributed by atoms with E-state index in [0.717, 1.165) is 38.6 Å². The van der Waals surface area contributed by atoms with E-state index in [0.29, 0.717) is 0 Å². The first-order valence-electron chi connectivity index (χ1n) is 6.68. The smallest absolute Gasteiger partial charge is 0.0469 e. The van der Waals surface area contributed by atoms with Gasteiger partial charge in [0.15, 0.2) is 0 Å². The van der Waals surface area contributed by atoms with Crippen LogP contribution in [0.3, 0.4) is 0 Å². The summed E-state index contributed by atoms with van der Waals surface area (Å²) in [6, 6.07) is 8.78. The van der Waals surface area contributed by atoms with Gasteiger partial charge in [-0.3, -0.25) is 0 Å². The molecule has 2 rings (SSSR count). The number of hydrogen-bond donors (Lipinski definition) is 1. The highest BCUT2D eigenvalue weighted by molar-refractivity contribution is 5.22. The van der Waals surface area contributed by atoms with Gasteiger partial charge in [-0.2, -0.15) is 0 Å². The Bertz CT molecular complexity index is 331. The molecule has 1 heterocycles. The molecular weight excluding hydrogens is 210 g/mol.